The SMILES string of the molecule is CSNC1(CN)CCCNC1. The zero-order valence-corrected chi connectivity index (χ0v) is 7.84. The van der Waals surface area contributed by atoms with Crippen molar-refractivity contribution in [3.8, 4) is 0 Å². The topological polar surface area (TPSA) is 50.1 Å². The Morgan fingerprint density at radius 3 is 3.00 bits per heavy atom. The molecule has 0 amide bonds. The van der Waals surface area contributed by atoms with E-state index in [9.17, 15) is 0 Å². The maximum absolute atomic E-state index is 5.71. The highest BCUT2D eigenvalue weighted by Crippen LogP contribution is 2.16. The van der Waals surface area contributed by atoms with Crippen LogP contribution in [0, 0.1) is 0 Å². The first-order valence-electron chi connectivity index (χ1n) is 4.04. The van der Waals surface area contributed by atoms with Gasteiger partial charge in [-0.05, 0) is 25.6 Å². The van der Waals surface area contributed by atoms with Gasteiger partial charge in [-0.15, -0.1) is 0 Å². The van der Waals surface area contributed by atoms with Crippen molar-refractivity contribution >= 4 is 11.9 Å². The summed E-state index contributed by atoms with van der Waals surface area (Å²) in [6.07, 6.45) is 4.47. The number of hydrogen-bond acceptors (Lipinski definition) is 4. The summed E-state index contributed by atoms with van der Waals surface area (Å²) in [5, 5.41) is 3.36. The van der Waals surface area contributed by atoms with Crippen LogP contribution >= 0.6 is 11.9 Å². The van der Waals surface area contributed by atoms with E-state index in [1.807, 2.05) is 6.26 Å². The summed E-state index contributed by atoms with van der Waals surface area (Å²) in [5.74, 6) is 0. The Morgan fingerprint density at radius 2 is 2.55 bits per heavy atom. The van der Waals surface area contributed by atoms with E-state index in [1.54, 1.807) is 11.9 Å². The van der Waals surface area contributed by atoms with E-state index in [1.165, 1.54) is 12.8 Å². The van der Waals surface area contributed by atoms with Gasteiger partial charge in [0.2, 0.25) is 0 Å². The van der Waals surface area contributed by atoms with E-state index in [4.69, 9.17) is 5.73 Å². The lowest BCUT2D eigenvalue weighted by Crippen LogP contribution is -2.57. The predicted octanol–water partition coefficient (Wildman–Crippen LogP) is -0.0651. The molecule has 0 saturated carbocycles. The molecule has 1 fully saturated rings. The van der Waals surface area contributed by atoms with Crippen LogP contribution in [0.4, 0.5) is 0 Å². The van der Waals surface area contributed by atoms with Crippen LogP contribution in [0.2, 0.25) is 0 Å². The minimum absolute atomic E-state index is 0.150. The molecule has 1 saturated heterocycles. The third kappa shape index (κ3) is 2.33. The molecule has 66 valence electrons. The Morgan fingerprint density at radius 1 is 1.73 bits per heavy atom. The van der Waals surface area contributed by atoms with E-state index in [0.29, 0.717) is 0 Å². The molecule has 0 aromatic rings. The summed E-state index contributed by atoms with van der Waals surface area (Å²) in [4.78, 5) is 0. The normalized spacial score (nSPS) is 32.2. The molecule has 1 rings (SSSR count). The second kappa shape index (κ2) is 4.30. The van der Waals surface area contributed by atoms with Gasteiger partial charge in [0.25, 0.3) is 0 Å². The zero-order chi connectivity index (χ0) is 8.16. The standard InChI is InChI=1S/C7H17N3S/c1-11-10-7(5-8)3-2-4-9-6-7/h9-10H,2-6,8H2,1H3. The smallest absolute Gasteiger partial charge is 0.0529 e. The van der Waals surface area contributed by atoms with Crippen LogP contribution < -0.4 is 15.8 Å². The Kier molecular flexibility index (Phi) is 3.65. The maximum atomic E-state index is 5.71. The van der Waals surface area contributed by atoms with E-state index in [-0.39, 0.29) is 5.54 Å². The molecule has 0 radical (unpaired) electrons. The van der Waals surface area contributed by atoms with Crippen molar-refractivity contribution in [3.05, 3.63) is 0 Å². The van der Waals surface area contributed by atoms with Crippen LogP contribution in [0.15, 0.2) is 0 Å². The fourth-order valence-electron chi connectivity index (χ4n) is 1.49. The summed E-state index contributed by atoms with van der Waals surface area (Å²) < 4.78 is 3.38. The fourth-order valence-corrected chi connectivity index (χ4v) is 2.18. The van der Waals surface area contributed by atoms with Crippen molar-refractivity contribution in [2.24, 2.45) is 5.73 Å². The Hall–Kier alpha value is 0.230. The van der Waals surface area contributed by atoms with Gasteiger partial charge in [0.15, 0.2) is 0 Å². The molecule has 4 heteroatoms. The Labute approximate surface area is 72.6 Å². The van der Waals surface area contributed by atoms with Crippen LogP contribution in [-0.2, 0) is 0 Å². The van der Waals surface area contributed by atoms with E-state index >= 15 is 0 Å². The molecule has 0 aromatic carbocycles. The number of rotatable bonds is 3. The zero-order valence-electron chi connectivity index (χ0n) is 7.02. The average Bonchev–Trinajstić information content (AvgIpc) is 2.07. The molecule has 0 aromatic heterocycles. The van der Waals surface area contributed by atoms with Crippen molar-refractivity contribution in [3.63, 3.8) is 0 Å². The molecule has 0 spiro atoms. The van der Waals surface area contributed by atoms with Gasteiger partial charge in [-0.25, -0.2) is 0 Å². The fraction of sp³-hybridized carbons (Fsp3) is 1.00. The predicted molar refractivity (Wildman–Crippen MR) is 50.5 cm³/mol. The number of hydrogen-bond donors (Lipinski definition) is 3. The van der Waals surface area contributed by atoms with Crippen LogP contribution in [0.3, 0.4) is 0 Å². The second-order valence-corrected chi connectivity index (χ2v) is 3.68. The van der Waals surface area contributed by atoms with Gasteiger partial charge in [-0.2, -0.15) is 0 Å². The number of nitrogens with two attached hydrogens (primary N) is 1. The first-order valence-corrected chi connectivity index (χ1v) is 5.26. The van der Waals surface area contributed by atoms with Gasteiger partial charge < -0.3 is 11.1 Å². The molecule has 1 aliphatic rings. The number of nitrogens with one attached hydrogen (secondary N) is 2. The lowest BCUT2D eigenvalue weighted by molar-refractivity contribution is 0.302. The van der Waals surface area contributed by atoms with E-state index < -0.39 is 0 Å². The average molecular weight is 175 g/mol. The van der Waals surface area contributed by atoms with Crippen molar-refractivity contribution in [2.45, 2.75) is 18.4 Å². The third-order valence-electron chi connectivity index (χ3n) is 2.18. The minimum atomic E-state index is 0.150. The highest BCUT2D eigenvalue weighted by Gasteiger charge is 2.29. The minimum Gasteiger partial charge on any atom is -0.329 e. The summed E-state index contributed by atoms with van der Waals surface area (Å²) in [6, 6.07) is 0. The van der Waals surface area contributed by atoms with Crippen LogP contribution in [0.5, 0.6) is 0 Å². The van der Waals surface area contributed by atoms with Gasteiger partial charge >= 0.3 is 0 Å². The molecule has 1 heterocycles. The van der Waals surface area contributed by atoms with Crippen molar-refractivity contribution in [2.75, 3.05) is 25.9 Å². The molecular formula is C7H17N3S. The molecule has 11 heavy (non-hydrogen) atoms. The largest absolute Gasteiger partial charge is 0.329 e. The molecule has 0 bridgehead atoms. The van der Waals surface area contributed by atoms with Crippen LogP contribution in [0.1, 0.15) is 12.8 Å². The lowest BCUT2D eigenvalue weighted by atomic mass is 9.92. The van der Waals surface area contributed by atoms with Crippen LogP contribution in [0.25, 0.3) is 0 Å². The quantitative estimate of drug-likeness (QED) is 0.526. The molecule has 1 unspecified atom stereocenters. The van der Waals surface area contributed by atoms with Gasteiger partial charge in [-0.3, -0.25) is 4.72 Å². The molecule has 4 N–H and O–H groups in total. The second-order valence-electron chi connectivity index (χ2n) is 3.07. The first kappa shape index (κ1) is 9.32. The van der Waals surface area contributed by atoms with Crippen molar-refractivity contribution < 1.29 is 0 Å². The molecule has 3 nitrogen and oxygen atoms in total. The van der Waals surface area contributed by atoms with Crippen molar-refractivity contribution in [1.82, 2.24) is 10.0 Å². The summed E-state index contributed by atoms with van der Waals surface area (Å²) >= 11 is 1.66. The van der Waals surface area contributed by atoms with Gasteiger partial charge in [0.05, 0.1) is 5.54 Å². The summed E-state index contributed by atoms with van der Waals surface area (Å²) in [7, 11) is 0. The summed E-state index contributed by atoms with van der Waals surface area (Å²) in [5.41, 5.74) is 5.86. The molecular weight excluding hydrogens is 158 g/mol. The lowest BCUT2D eigenvalue weighted by Gasteiger charge is -2.36. The van der Waals surface area contributed by atoms with Crippen LogP contribution in [-0.4, -0.2) is 31.4 Å². The molecule has 1 aliphatic heterocycles. The van der Waals surface area contributed by atoms with Gasteiger partial charge in [0.1, 0.15) is 0 Å². The van der Waals surface area contributed by atoms with E-state index in [2.05, 4.69) is 10.0 Å². The Bertz CT molecular complexity index is 107. The highest BCUT2D eigenvalue weighted by molar-refractivity contribution is 7.96. The third-order valence-corrected chi connectivity index (χ3v) is 2.82. The first-order chi connectivity index (χ1) is 5.33. The van der Waals surface area contributed by atoms with Gasteiger partial charge in [-0.1, -0.05) is 11.9 Å². The Balaban J connectivity index is 2.42. The van der Waals surface area contributed by atoms with Crippen molar-refractivity contribution in [1.29, 1.82) is 0 Å². The molecule has 0 aliphatic carbocycles. The number of piperidine rings is 1. The monoisotopic (exact) mass is 175 g/mol. The summed E-state index contributed by atoms with van der Waals surface area (Å²) in [6.45, 7) is 2.86. The molecule has 1 atom stereocenters. The highest BCUT2D eigenvalue weighted by atomic mass is 32.2. The van der Waals surface area contributed by atoms with Gasteiger partial charge in [0, 0.05) is 13.1 Å². The van der Waals surface area contributed by atoms with E-state index in [0.717, 1.165) is 19.6 Å². The maximum Gasteiger partial charge on any atom is 0.0529 e.